The molecule has 0 bridgehead atoms. The molecule has 0 atom stereocenters. The van der Waals surface area contributed by atoms with Crippen molar-refractivity contribution in [1.29, 1.82) is 0 Å². The number of amides is 3. The van der Waals surface area contributed by atoms with Crippen LogP contribution in [0.4, 0.5) is 4.79 Å². The maximum absolute atomic E-state index is 13.4. The molecule has 8 heteroatoms. The van der Waals surface area contributed by atoms with Crippen LogP contribution in [0.15, 0.2) is 66.7 Å². The van der Waals surface area contributed by atoms with Crippen molar-refractivity contribution >= 4 is 23.9 Å². The number of carbonyl (C=O) groups excluding carboxylic acids is 4. The largest absolute Gasteiger partial charge is 0.426 e. The number of carbonyl (C=O) groups is 4. The Kier molecular flexibility index (Phi) is 8.44. The Morgan fingerprint density at radius 3 is 1.62 bits per heavy atom. The van der Waals surface area contributed by atoms with Crippen LogP contribution in [0.3, 0.4) is 0 Å². The Morgan fingerprint density at radius 1 is 0.692 bits per heavy atom. The molecule has 0 saturated heterocycles. The zero-order valence-electron chi connectivity index (χ0n) is 22.4. The van der Waals surface area contributed by atoms with Gasteiger partial charge in [0.2, 0.25) is 0 Å². The number of esters is 2. The first-order valence-electron chi connectivity index (χ1n) is 13.0. The van der Waals surface area contributed by atoms with Crippen molar-refractivity contribution in [1.82, 2.24) is 10.6 Å². The molecule has 3 aromatic carbocycles. The monoisotopic (exact) mass is 528 g/mol. The van der Waals surface area contributed by atoms with Crippen molar-refractivity contribution in [3.8, 4) is 22.6 Å². The molecule has 1 aliphatic carbocycles. The highest BCUT2D eigenvalue weighted by Gasteiger charge is 2.31. The Balaban J connectivity index is 1.59. The van der Waals surface area contributed by atoms with E-state index in [-0.39, 0.29) is 41.7 Å². The van der Waals surface area contributed by atoms with E-state index in [0.29, 0.717) is 0 Å². The highest BCUT2D eigenvalue weighted by atomic mass is 16.5. The molecule has 4 rings (SSSR count). The van der Waals surface area contributed by atoms with E-state index in [1.54, 1.807) is 0 Å². The Morgan fingerprint density at radius 2 is 1.15 bits per heavy atom. The summed E-state index contributed by atoms with van der Waals surface area (Å²) >= 11 is 0. The van der Waals surface area contributed by atoms with E-state index >= 15 is 0 Å². The molecule has 0 aliphatic heterocycles. The molecular weight excluding hydrogens is 496 g/mol. The summed E-state index contributed by atoms with van der Waals surface area (Å²) in [6, 6.07) is 18.6. The average Bonchev–Trinajstić information content (AvgIpc) is 3.16. The first-order valence-corrected chi connectivity index (χ1v) is 13.0. The molecule has 2 N–H and O–H groups in total. The van der Waals surface area contributed by atoms with Gasteiger partial charge in [0.15, 0.2) is 0 Å². The van der Waals surface area contributed by atoms with E-state index in [1.165, 1.54) is 18.2 Å². The fourth-order valence-corrected chi connectivity index (χ4v) is 4.54. The van der Waals surface area contributed by atoms with Crippen LogP contribution in [0.5, 0.6) is 11.5 Å². The third kappa shape index (κ3) is 6.52. The minimum absolute atomic E-state index is 0.0322. The lowest BCUT2D eigenvalue weighted by Crippen LogP contribution is -2.41. The van der Waals surface area contributed by atoms with Crippen LogP contribution in [-0.2, 0) is 9.59 Å². The highest BCUT2D eigenvalue weighted by Crippen LogP contribution is 2.43. The van der Waals surface area contributed by atoms with Gasteiger partial charge in [0.05, 0.1) is 6.04 Å². The SMILES string of the molecule is CC(C)CC(=O)Oc1cccc(OC(=O)CC(C)C)c1C(=O)NC(=O)NC1c2ccccc2-c2ccccc21. The van der Waals surface area contributed by atoms with Gasteiger partial charge in [0, 0.05) is 12.8 Å². The molecule has 0 fully saturated rings. The average molecular weight is 529 g/mol. The molecule has 0 radical (unpaired) electrons. The number of benzene rings is 3. The number of urea groups is 1. The lowest BCUT2D eigenvalue weighted by Gasteiger charge is -2.18. The van der Waals surface area contributed by atoms with Gasteiger partial charge in [0.1, 0.15) is 17.1 Å². The van der Waals surface area contributed by atoms with Crippen LogP contribution in [0.2, 0.25) is 0 Å². The quantitative estimate of drug-likeness (QED) is 0.282. The molecule has 0 heterocycles. The van der Waals surface area contributed by atoms with E-state index in [0.717, 1.165) is 22.3 Å². The summed E-state index contributed by atoms with van der Waals surface area (Å²) < 4.78 is 10.9. The van der Waals surface area contributed by atoms with E-state index in [1.807, 2.05) is 76.2 Å². The third-order valence-corrected chi connectivity index (χ3v) is 6.15. The van der Waals surface area contributed by atoms with Gasteiger partial charge in [0.25, 0.3) is 5.91 Å². The summed E-state index contributed by atoms with van der Waals surface area (Å²) in [6.07, 6.45) is 0.249. The fraction of sp³-hybridized carbons (Fsp3) is 0.290. The van der Waals surface area contributed by atoms with Crippen molar-refractivity contribution in [2.24, 2.45) is 11.8 Å². The lowest BCUT2D eigenvalue weighted by molar-refractivity contribution is -0.135. The topological polar surface area (TPSA) is 111 Å². The van der Waals surface area contributed by atoms with Gasteiger partial charge < -0.3 is 14.8 Å². The Bertz CT molecular complexity index is 1320. The van der Waals surface area contributed by atoms with Crippen molar-refractivity contribution in [3.63, 3.8) is 0 Å². The van der Waals surface area contributed by atoms with Crippen molar-refractivity contribution in [3.05, 3.63) is 83.4 Å². The van der Waals surface area contributed by atoms with Crippen LogP contribution in [0.25, 0.3) is 11.1 Å². The van der Waals surface area contributed by atoms with Gasteiger partial charge in [-0.2, -0.15) is 0 Å². The number of imide groups is 1. The summed E-state index contributed by atoms with van der Waals surface area (Å²) in [7, 11) is 0. The van der Waals surface area contributed by atoms with Gasteiger partial charge in [-0.3, -0.25) is 19.7 Å². The Hall–Kier alpha value is -4.46. The molecule has 0 spiro atoms. The lowest BCUT2D eigenvalue weighted by atomic mass is 10.1. The van der Waals surface area contributed by atoms with Crippen molar-refractivity contribution in [2.45, 2.75) is 46.6 Å². The second kappa shape index (κ2) is 11.9. The summed E-state index contributed by atoms with van der Waals surface area (Å²) in [4.78, 5) is 51.4. The molecule has 0 aromatic heterocycles. The van der Waals surface area contributed by atoms with Crippen LogP contribution >= 0.6 is 0 Å². The van der Waals surface area contributed by atoms with E-state index in [4.69, 9.17) is 9.47 Å². The van der Waals surface area contributed by atoms with Crippen LogP contribution < -0.4 is 20.1 Å². The molecule has 3 amide bonds. The first-order chi connectivity index (χ1) is 18.6. The normalized spacial score (nSPS) is 12.1. The number of rotatable bonds is 8. The van der Waals surface area contributed by atoms with E-state index in [2.05, 4.69) is 10.6 Å². The van der Waals surface area contributed by atoms with Crippen molar-refractivity contribution < 1.29 is 28.7 Å². The van der Waals surface area contributed by atoms with E-state index in [9.17, 15) is 19.2 Å². The standard InChI is InChI=1S/C31H32N2O6/c1-18(2)16-26(34)38-24-14-9-15-25(39-27(35)17-19(3)4)28(24)30(36)33-31(37)32-29-22-12-7-5-10-20(22)21-11-6-8-13-23(21)29/h5-15,18-19,29H,16-17H2,1-4H3,(H2,32,33,36,37). The maximum Gasteiger partial charge on any atom is 0.322 e. The van der Waals surface area contributed by atoms with E-state index < -0.39 is 29.9 Å². The molecule has 39 heavy (non-hydrogen) atoms. The number of hydrogen-bond donors (Lipinski definition) is 2. The first kappa shape index (κ1) is 27.6. The molecule has 0 saturated carbocycles. The van der Waals surface area contributed by atoms with Crippen molar-refractivity contribution in [2.75, 3.05) is 0 Å². The summed E-state index contributed by atoms with van der Waals surface area (Å²) in [5, 5.41) is 5.20. The third-order valence-electron chi connectivity index (χ3n) is 6.15. The highest BCUT2D eigenvalue weighted by molar-refractivity contribution is 6.08. The summed E-state index contributed by atoms with van der Waals surface area (Å²) in [5.74, 6) is -2.10. The molecule has 0 unspecified atom stereocenters. The predicted molar refractivity (Wildman–Crippen MR) is 146 cm³/mol. The smallest absolute Gasteiger partial charge is 0.322 e. The predicted octanol–water partition coefficient (Wildman–Crippen LogP) is 5.80. The number of fused-ring (bicyclic) bond motifs is 3. The molecule has 3 aromatic rings. The van der Waals surface area contributed by atoms with Crippen LogP contribution in [0.1, 0.15) is 68.1 Å². The van der Waals surface area contributed by atoms with Crippen LogP contribution in [0, 0.1) is 11.8 Å². The minimum Gasteiger partial charge on any atom is -0.426 e. The van der Waals surface area contributed by atoms with Gasteiger partial charge in [-0.15, -0.1) is 0 Å². The number of ether oxygens (including phenoxy) is 2. The zero-order valence-corrected chi connectivity index (χ0v) is 22.4. The van der Waals surface area contributed by atoms with Gasteiger partial charge in [-0.1, -0.05) is 82.3 Å². The van der Waals surface area contributed by atoms with Gasteiger partial charge in [-0.05, 0) is 46.2 Å². The zero-order chi connectivity index (χ0) is 28.1. The van der Waals surface area contributed by atoms with Gasteiger partial charge in [-0.25, -0.2) is 4.79 Å². The summed E-state index contributed by atoms with van der Waals surface area (Å²) in [6.45, 7) is 7.45. The molecular formula is C31H32N2O6. The second-order valence-corrected chi connectivity index (χ2v) is 10.3. The minimum atomic E-state index is -0.868. The molecule has 8 nitrogen and oxygen atoms in total. The Labute approximate surface area is 227 Å². The van der Waals surface area contributed by atoms with Gasteiger partial charge >= 0.3 is 18.0 Å². The molecule has 202 valence electrons. The second-order valence-electron chi connectivity index (χ2n) is 10.3. The number of nitrogens with one attached hydrogen (secondary N) is 2. The molecule has 1 aliphatic rings. The fourth-order valence-electron chi connectivity index (χ4n) is 4.54. The van der Waals surface area contributed by atoms with Crippen LogP contribution in [-0.4, -0.2) is 23.9 Å². The maximum atomic E-state index is 13.4. The summed E-state index contributed by atoms with van der Waals surface area (Å²) in [5.41, 5.74) is 3.62. The number of hydrogen-bond acceptors (Lipinski definition) is 6.